The van der Waals surface area contributed by atoms with Crippen molar-refractivity contribution < 1.29 is 18.5 Å². The number of nitrogens with one attached hydrogen (secondary N) is 2. The van der Waals surface area contributed by atoms with Gasteiger partial charge in [-0.15, -0.1) is 0 Å². The minimum Gasteiger partial charge on any atom is -0.466 e. The summed E-state index contributed by atoms with van der Waals surface area (Å²) in [6, 6.07) is 10.8. The highest BCUT2D eigenvalue weighted by Crippen LogP contribution is 2.30. The van der Waals surface area contributed by atoms with Crippen molar-refractivity contribution in [3.05, 3.63) is 64.7 Å². The molecule has 0 bridgehead atoms. The molecule has 8 nitrogen and oxygen atoms in total. The van der Waals surface area contributed by atoms with Crippen molar-refractivity contribution in [2.24, 2.45) is 0 Å². The number of carbonyl (C=O) groups excluding carboxylic acids is 2. The highest BCUT2D eigenvalue weighted by atomic mass is 16.5. The number of amides is 2. The molecule has 1 aromatic carbocycles. The minimum atomic E-state index is -0.266. The molecule has 0 spiro atoms. The van der Waals surface area contributed by atoms with Crippen LogP contribution in [0.5, 0.6) is 0 Å². The zero-order valence-corrected chi connectivity index (χ0v) is 19.3. The number of carbonyl (C=O) groups is 2. The lowest BCUT2D eigenvalue weighted by Crippen LogP contribution is -2.27. The van der Waals surface area contributed by atoms with Crippen molar-refractivity contribution in [1.29, 1.82) is 0 Å². The van der Waals surface area contributed by atoms with E-state index < -0.39 is 0 Å². The van der Waals surface area contributed by atoms with Crippen molar-refractivity contribution in [3.8, 4) is 11.3 Å². The van der Waals surface area contributed by atoms with E-state index in [2.05, 4.69) is 20.8 Å². The highest BCUT2D eigenvalue weighted by molar-refractivity contribution is 6.07. The maximum absolute atomic E-state index is 13.3. The maximum Gasteiger partial charge on any atom is 0.259 e. The van der Waals surface area contributed by atoms with E-state index in [1.165, 1.54) is 0 Å². The molecule has 0 aliphatic rings. The van der Waals surface area contributed by atoms with Crippen LogP contribution in [-0.4, -0.2) is 22.0 Å². The topological polar surface area (TPSA) is 110 Å². The molecule has 2 N–H and O–H groups in total. The molecule has 0 radical (unpaired) electrons. The van der Waals surface area contributed by atoms with Crippen LogP contribution in [0.3, 0.4) is 0 Å². The van der Waals surface area contributed by atoms with Crippen molar-refractivity contribution in [2.45, 2.75) is 47.1 Å². The molecule has 0 aliphatic heterocycles. The fourth-order valence-corrected chi connectivity index (χ4v) is 3.76. The smallest absolute Gasteiger partial charge is 0.259 e. The fourth-order valence-electron chi connectivity index (χ4n) is 3.76. The molecule has 1 unspecified atom stereocenters. The average molecular weight is 447 g/mol. The largest absolute Gasteiger partial charge is 0.466 e. The van der Waals surface area contributed by atoms with E-state index in [0.717, 1.165) is 22.6 Å². The van der Waals surface area contributed by atoms with Gasteiger partial charge in [-0.2, -0.15) is 0 Å². The zero-order chi connectivity index (χ0) is 23.7. The molecular weight excluding hydrogens is 420 g/mol. The van der Waals surface area contributed by atoms with E-state index in [1.54, 1.807) is 19.9 Å². The molecule has 0 fully saturated rings. The van der Waals surface area contributed by atoms with Gasteiger partial charge in [0.05, 0.1) is 28.4 Å². The summed E-state index contributed by atoms with van der Waals surface area (Å²) in [5.74, 6) is 1.17. The van der Waals surface area contributed by atoms with Crippen LogP contribution >= 0.6 is 0 Å². The Balaban J connectivity index is 1.63. The van der Waals surface area contributed by atoms with E-state index in [9.17, 15) is 9.59 Å². The number of rotatable bonds is 6. The van der Waals surface area contributed by atoms with Crippen LogP contribution in [-0.2, 0) is 4.79 Å². The first-order chi connectivity index (χ1) is 15.8. The van der Waals surface area contributed by atoms with E-state index >= 15 is 0 Å². The molecule has 4 aromatic rings. The lowest BCUT2D eigenvalue weighted by molar-refractivity contribution is -0.115. The molecule has 3 heterocycles. The van der Waals surface area contributed by atoms with Gasteiger partial charge in [-0.3, -0.25) is 9.59 Å². The summed E-state index contributed by atoms with van der Waals surface area (Å²) in [6.45, 7) is 9.20. The molecule has 170 valence electrons. The van der Waals surface area contributed by atoms with E-state index in [4.69, 9.17) is 8.94 Å². The molecule has 3 aromatic heterocycles. The summed E-state index contributed by atoms with van der Waals surface area (Å²) in [6.07, 6.45) is 0.413. The van der Waals surface area contributed by atoms with Gasteiger partial charge in [0.15, 0.2) is 0 Å². The third-order valence-corrected chi connectivity index (χ3v) is 5.54. The van der Waals surface area contributed by atoms with Gasteiger partial charge in [0.1, 0.15) is 11.5 Å². The molecule has 33 heavy (non-hydrogen) atoms. The summed E-state index contributed by atoms with van der Waals surface area (Å²) in [4.78, 5) is 29.5. The monoisotopic (exact) mass is 446 g/mol. The lowest BCUT2D eigenvalue weighted by Gasteiger charge is -2.16. The van der Waals surface area contributed by atoms with Gasteiger partial charge in [-0.25, -0.2) is 4.98 Å². The summed E-state index contributed by atoms with van der Waals surface area (Å²) in [5, 5.41) is 10.4. The van der Waals surface area contributed by atoms with Gasteiger partial charge in [0.25, 0.3) is 11.6 Å². The van der Waals surface area contributed by atoms with Gasteiger partial charge in [-0.1, -0.05) is 24.2 Å². The number of nitrogens with zero attached hydrogens (tertiary/aromatic N) is 2. The van der Waals surface area contributed by atoms with Gasteiger partial charge < -0.3 is 19.6 Å². The fraction of sp³-hybridized carbons (Fsp3) is 0.280. The Labute approximate surface area is 191 Å². The van der Waals surface area contributed by atoms with Crippen LogP contribution < -0.4 is 10.6 Å². The molecule has 0 aliphatic carbocycles. The second kappa shape index (κ2) is 8.90. The summed E-state index contributed by atoms with van der Waals surface area (Å²) >= 11 is 0. The van der Waals surface area contributed by atoms with Crippen molar-refractivity contribution in [1.82, 2.24) is 15.5 Å². The predicted molar refractivity (Wildman–Crippen MR) is 125 cm³/mol. The molecule has 4 rings (SSSR count). The number of anilines is 1. The Kier molecular flexibility index (Phi) is 6.00. The number of pyridine rings is 1. The van der Waals surface area contributed by atoms with E-state index in [0.29, 0.717) is 40.2 Å². The molecular formula is C25H26N4O4. The minimum absolute atomic E-state index is 0.0475. The van der Waals surface area contributed by atoms with Gasteiger partial charge >= 0.3 is 0 Å². The van der Waals surface area contributed by atoms with Gasteiger partial charge in [0.2, 0.25) is 5.91 Å². The Morgan fingerprint density at radius 2 is 1.82 bits per heavy atom. The molecule has 1 atom stereocenters. The summed E-state index contributed by atoms with van der Waals surface area (Å²) in [5.41, 5.74) is 4.35. The number of hydrogen-bond acceptors (Lipinski definition) is 6. The first-order valence-corrected chi connectivity index (χ1v) is 10.8. The second-order valence-electron chi connectivity index (χ2n) is 8.05. The normalized spacial score (nSPS) is 12.0. The Morgan fingerprint density at radius 3 is 2.45 bits per heavy atom. The summed E-state index contributed by atoms with van der Waals surface area (Å²) in [7, 11) is 0. The lowest BCUT2D eigenvalue weighted by atomic mass is 10.0. The van der Waals surface area contributed by atoms with Crippen LogP contribution in [0.15, 0.2) is 45.3 Å². The van der Waals surface area contributed by atoms with E-state index in [1.807, 2.05) is 51.1 Å². The number of fused-ring (bicyclic) bond motifs is 1. The maximum atomic E-state index is 13.3. The Bertz CT molecular complexity index is 1330. The first kappa shape index (κ1) is 22.3. The van der Waals surface area contributed by atoms with Crippen LogP contribution in [0.25, 0.3) is 22.4 Å². The molecule has 2 amide bonds. The van der Waals surface area contributed by atoms with Crippen molar-refractivity contribution >= 4 is 28.6 Å². The number of aryl methyl sites for hydroxylation is 3. The third kappa shape index (κ3) is 4.50. The van der Waals surface area contributed by atoms with Crippen LogP contribution in [0.4, 0.5) is 5.69 Å². The van der Waals surface area contributed by atoms with Crippen LogP contribution in [0, 0.1) is 20.8 Å². The number of hydrogen-bond donors (Lipinski definition) is 2. The van der Waals surface area contributed by atoms with Gasteiger partial charge in [0, 0.05) is 17.7 Å². The third-order valence-electron chi connectivity index (χ3n) is 5.54. The van der Waals surface area contributed by atoms with Crippen LogP contribution in [0.1, 0.15) is 59.4 Å². The standard InChI is InChI=1S/C25H26N4O4/c1-6-22(30)27-18-9-7-17(8-10-18)14(3)26-24(31)20-12-21(19-11-13(2)32-16(19)5)28-25-23(20)15(4)29-33-25/h7-12,14H,6H2,1-5H3,(H,26,31)(H,27,30). The Hall–Kier alpha value is -3.94. The van der Waals surface area contributed by atoms with Crippen LogP contribution in [0.2, 0.25) is 0 Å². The molecule has 8 heteroatoms. The number of benzene rings is 1. The summed E-state index contributed by atoms with van der Waals surface area (Å²) < 4.78 is 11.0. The molecule has 0 saturated heterocycles. The first-order valence-electron chi connectivity index (χ1n) is 10.8. The number of aromatic nitrogens is 2. The quantitative estimate of drug-likeness (QED) is 0.419. The van der Waals surface area contributed by atoms with Crippen molar-refractivity contribution in [2.75, 3.05) is 5.32 Å². The second-order valence-corrected chi connectivity index (χ2v) is 8.05. The van der Waals surface area contributed by atoms with Crippen molar-refractivity contribution in [3.63, 3.8) is 0 Å². The zero-order valence-electron chi connectivity index (χ0n) is 19.3. The predicted octanol–water partition coefficient (Wildman–Crippen LogP) is 5.25. The van der Waals surface area contributed by atoms with Gasteiger partial charge in [-0.05, 0) is 57.5 Å². The molecule has 0 saturated carbocycles. The Morgan fingerprint density at radius 1 is 1.09 bits per heavy atom. The SMILES string of the molecule is CCC(=O)Nc1ccc(C(C)NC(=O)c2cc(-c3cc(C)oc3C)nc3onc(C)c23)cc1. The number of furan rings is 1. The van der Waals surface area contributed by atoms with E-state index in [-0.39, 0.29) is 17.9 Å². The average Bonchev–Trinajstić information content (AvgIpc) is 3.34. The highest BCUT2D eigenvalue weighted by Gasteiger charge is 2.22.